The number of hydrogen-bond acceptors (Lipinski definition) is 2. The minimum atomic E-state index is -0.912. The Hall–Kier alpha value is 1.20. The van der Waals surface area contributed by atoms with Crippen LogP contribution in [0, 0.1) is 0 Å². The summed E-state index contributed by atoms with van der Waals surface area (Å²) in [5.74, 6) is -0.912. The zero-order valence-corrected chi connectivity index (χ0v) is 19.0. The Kier molecular flexibility index (Phi) is 23.4. The molecule has 0 rings (SSSR count). The predicted molar refractivity (Wildman–Crippen MR) is 97.7 cm³/mol. The number of carbonyl (C=O) groups excluding carboxylic acids is 1. The molecule has 0 radical (unpaired) electrons. The third-order valence-corrected chi connectivity index (χ3v) is 5.20. The molecule has 22 heavy (non-hydrogen) atoms. The van der Waals surface area contributed by atoms with E-state index in [-0.39, 0.29) is 33.5 Å². The molecule has 4 heteroatoms. The van der Waals surface area contributed by atoms with Gasteiger partial charge in [-0.25, -0.2) is 0 Å². The van der Waals surface area contributed by atoms with Gasteiger partial charge in [0.15, 0.2) is 0 Å². The van der Waals surface area contributed by atoms with Crippen LogP contribution in [-0.2, 0) is 4.79 Å². The molecule has 0 saturated heterocycles. The molecule has 0 aromatic carbocycles. The van der Waals surface area contributed by atoms with Gasteiger partial charge in [0.1, 0.15) is 0 Å². The summed E-state index contributed by atoms with van der Waals surface area (Å²) in [6, 6.07) is 0. The molecule has 126 valence electrons. The second-order valence-corrected chi connectivity index (χ2v) is 7.68. The van der Waals surface area contributed by atoms with Crippen molar-refractivity contribution in [2.45, 2.75) is 107 Å². The van der Waals surface area contributed by atoms with Gasteiger partial charge in [-0.1, -0.05) is 119 Å². The fourth-order valence-corrected chi connectivity index (χ4v) is 3.08. The van der Waals surface area contributed by atoms with E-state index >= 15 is 0 Å². The fourth-order valence-electron chi connectivity index (χ4n) is 2.64. The van der Waals surface area contributed by atoms with E-state index in [0.717, 1.165) is 12.8 Å². The molecule has 0 aromatic rings. The van der Waals surface area contributed by atoms with Crippen molar-refractivity contribution in [1.29, 1.82) is 0 Å². The van der Waals surface area contributed by atoms with Crippen molar-refractivity contribution in [3.8, 4) is 0 Å². The molecule has 0 saturated carbocycles. The van der Waals surface area contributed by atoms with E-state index in [1.165, 1.54) is 83.5 Å². The smallest absolute Gasteiger partial charge is 0.549 e. The summed E-state index contributed by atoms with van der Waals surface area (Å²) in [5, 5.41) is 10.5. The normalized spacial score (nSPS) is 11.9. The van der Waals surface area contributed by atoms with E-state index < -0.39 is 5.97 Å². The SMILES string of the molecule is CCCCCCCCCCCCCCCCC(I)C(=O)[O-].[Na+]. The van der Waals surface area contributed by atoms with Crippen LogP contribution < -0.4 is 34.7 Å². The molecule has 1 atom stereocenters. The number of aliphatic carboxylic acids is 1. The Balaban J connectivity index is 0. The Bertz CT molecular complexity index is 237. The van der Waals surface area contributed by atoms with Crippen LogP contribution in [0.25, 0.3) is 0 Å². The molecule has 0 aromatic heterocycles. The molecule has 1 unspecified atom stereocenters. The largest absolute Gasteiger partial charge is 1.00 e. The molecule has 0 aliphatic rings. The van der Waals surface area contributed by atoms with E-state index in [1.807, 2.05) is 22.6 Å². The zero-order chi connectivity index (χ0) is 15.8. The summed E-state index contributed by atoms with van der Waals surface area (Å²) in [6.07, 6.45) is 19.5. The molecule has 0 fully saturated rings. The van der Waals surface area contributed by atoms with Crippen LogP contribution >= 0.6 is 22.6 Å². The van der Waals surface area contributed by atoms with Gasteiger partial charge < -0.3 is 9.90 Å². The Morgan fingerprint density at radius 2 is 1.09 bits per heavy atom. The third kappa shape index (κ3) is 19.2. The summed E-state index contributed by atoms with van der Waals surface area (Å²) < 4.78 is -0.306. The van der Waals surface area contributed by atoms with Gasteiger partial charge in [0, 0.05) is 0 Å². The molecule has 0 N–H and O–H groups in total. The minimum absolute atomic E-state index is 0. The van der Waals surface area contributed by atoms with E-state index in [9.17, 15) is 9.90 Å². The molecule has 0 spiro atoms. The molecular formula is C18H34INaO2. The average Bonchev–Trinajstić information content (AvgIpc) is 2.47. The van der Waals surface area contributed by atoms with Gasteiger partial charge in [0.2, 0.25) is 0 Å². The van der Waals surface area contributed by atoms with Crippen molar-refractivity contribution in [2.24, 2.45) is 0 Å². The van der Waals surface area contributed by atoms with Gasteiger partial charge in [0.25, 0.3) is 0 Å². The minimum Gasteiger partial charge on any atom is -0.549 e. The zero-order valence-electron chi connectivity index (χ0n) is 14.9. The first kappa shape index (κ1) is 25.4. The topological polar surface area (TPSA) is 40.1 Å². The van der Waals surface area contributed by atoms with Gasteiger partial charge in [-0.2, -0.15) is 0 Å². The van der Waals surface area contributed by atoms with Crippen molar-refractivity contribution in [3.05, 3.63) is 0 Å². The number of carbonyl (C=O) groups is 1. The summed E-state index contributed by atoms with van der Waals surface area (Å²) in [6.45, 7) is 2.27. The number of halogens is 1. The Morgan fingerprint density at radius 1 is 0.773 bits per heavy atom. The second-order valence-electron chi connectivity index (χ2n) is 6.17. The van der Waals surface area contributed by atoms with Crippen molar-refractivity contribution < 1.29 is 39.5 Å². The van der Waals surface area contributed by atoms with E-state index in [0.29, 0.717) is 0 Å². The number of carboxylic acid groups (broad SMARTS) is 1. The first-order valence-corrected chi connectivity index (χ1v) is 10.3. The summed E-state index contributed by atoms with van der Waals surface area (Å²) in [5.41, 5.74) is 0. The van der Waals surface area contributed by atoms with E-state index in [2.05, 4.69) is 6.92 Å². The monoisotopic (exact) mass is 432 g/mol. The van der Waals surface area contributed by atoms with Crippen molar-refractivity contribution >= 4 is 28.6 Å². The Labute approximate surface area is 174 Å². The molecule has 0 heterocycles. The first-order chi connectivity index (χ1) is 10.2. The Morgan fingerprint density at radius 3 is 1.41 bits per heavy atom. The standard InChI is InChI=1S/C18H35IO2.Na/c1-2-3-4-5-6-7-8-9-10-11-12-13-14-15-16-17(19)18(20)21;/h17H,2-16H2,1H3,(H,20,21);/q;+1/p-1. The number of carboxylic acids is 1. The van der Waals surface area contributed by atoms with Crippen LogP contribution in [0.5, 0.6) is 0 Å². The van der Waals surface area contributed by atoms with Crippen LogP contribution in [0.15, 0.2) is 0 Å². The third-order valence-electron chi connectivity index (χ3n) is 4.07. The first-order valence-electron chi connectivity index (χ1n) is 9.03. The maximum atomic E-state index is 10.5. The number of hydrogen-bond donors (Lipinski definition) is 0. The summed E-state index contributed by atoms with van der Waals surface area (Å²) in [4.78, 5) is 10.5. The molecular weight excluding hydrogens is 398 g/mol. The summed E-state index contributed by atoms with van der Waals surface area (Å²) >= 11 is 1.97. The van der Waals surface area contributed by atoms with Crippen LogP contribution in [0.2, 0.25) is 0 Å². The van der Waals surface area contributed by atoms with Gasteiger partial charge in [0.05, 0.1) is 9.89 Å². The van der Waals surface area contributed by atoms with Crippen molar-refractivity contribution in [2.75, 3.05) is 0 Å². The summed E-state index contributed by atoms with van der Waals surface area (Å²) in [7, 11) is 0. The van der Waals surface area contributed by atoms with Crippen LogP contribution in [0.4, 0.5) is 0 Å². The van der Waals surface area contributed by atoms with Crippen molar-refractivity contribution in [3.63, 3.8) is 0 Å². The maximum Gasteiger partial charge on any atom is 1.00 e. The van der Waals surface area contributed by atoms with Gasteiger partial charge in [-0.05, 0) is 6.42 Å². The van der Waals surface area contributed by atoms with Crippen LogP contribution in [-0.4, -0.2) is 9.89 Å². The fraction of sp³-hybridized carbons (Fsp3) is 0.944. The molecule has 2 nitrogen and oxygen atoms in total. The van der Waals surface area contributed by atoms with Gasteiger partial charge >= 0.3 is 29.6 Å². The molecule has 0 aliphatic heterocycles. The molecule has 0 amide bonds. The maximum absolute atomic E-state index is 10.5. The number of unbranched alkanes of at least 4 members (excludes halogenated alkanes) is 13. The van der Waals surface area contributed by atoms with Crippen molar-refractivity contribution in [1.82, 2.24) is 0 Å². The van der Waals surface area contributed by atoms with E-state index in [1.54, 1.807) is 0 Å². The second kappa shape index (κ2) is 20.2. The predicted octanol–water partition coefficient (Wildman–Crippen LogP) is 2.42. The average molecular weight is 432 g/mol. The number of rotatable bonds is 16. The number of alkyl halides is 1. The quantitative estimate of drug-likeness (QED) is 0.163. The van der Waals surface area contributed by atoms with E-state index in [4.69, 9.17) is 0 Å². The van der Waals surface area contributed by atoms with Crippen LogP contribution in [0.3, 0.4) is 0 Å². The van der Waals surface area contributed by atoms with Gasteiger partial charge in [-0.15, -0.1) is 0 Å². The van der Waals surface area contributed by atoms with Gasteiger partial charge in [-0.3, -0.25) is 0 Å². The molecule has 0 bridgehead atoms. The van der Waals surface area contributed by atoms with Crippen LogP contribution in [0.1, 0.15) is 103 Å². The molecule has 0 aliphatic carbocycles.